The van der Waals surface area contributed by atoms with Gasteiger partial charge in [-0.25, -0.2) is 5.09 Å². The van der Waals surface area contributed by atoms with Crippen molar-refractivity contribution in [3.8, 4) is 0 Å². The number of nitrogens with one attached hydrogen (secondary N) is 1. The molecule has 0 amide bonds. The van der Waals surface area contributed by atoms with Crippen LogP contribution in [-0.4, -0.2) is 69.2 Å². The topological polar surface area (TPSA) is 102 Å². The number of ether oxygens (including phenoxy) is 3. The predicted octanol–water partition coefficient (Wildman–Crippen LogP) is 15.6. The fourth-order valence-electron chi connectivity index (χ4n) is 11.5. The van der Waals surface area contributed by atoms with E-state index in [0.29, 0.717) is 0 Å². The van der Waals surface area contributed by atoms with E-state index in [1.165, 1.54) is 42.3 Å². The highest BCUT2D eigenvalue weighted by atomic mass is 31.1. The van der Waals surface area contributed by atoms with Crippen molar-refractivity contribution in [1.29, 1.82) is 0 Å². The molecule has 2 aromatic heterocycles. The lowest BCUT2D eigenvalue weighted by molar-refractivity contribution is -0.207. The fraction of sp³-hybridized carbons (Fsp3) is 0.333. The molecule has 4 atom stereocenters. The number of fused-ring (bicyclic) bond motifs is 15. The van der Waals surface area contributed by atoms with Crippen LogP contribution in [0.2, 0.25) is 78.6 Å². The van der Waals surface area contributed by atoms with E-state index in [1.54, 1.807) is 0 Å². The molecule has 10 aromatic rings. The minimum Gasteiger partial charge on any atom is -0.408 e. The zero-order valence-corrected chi connectivity index (χ0v) is 51.5. The number of hydrogen-bond acceptors (Lipinski definition) is 9. The van der Waals surface area contributed by atoms with Crippen LogP contribution in [-0.2, 0) is 14.2 Å². The Morgan fingerprint density at radius 1 is 0.467 bits per heavy atom. The maximum absolute atomic E-state index is 7.53. The number of hydrogen-bond donors (Lipinski definition) is 1. The van der Waals surface area contributed by atoms with Gasteiger partial charge in [0.05, 0.1) is 44.9 Å². The highest BCUT2D eigenvalue weighted by molar-refractivity contribution is 7.38. The minimum absolute atomic E-state index is 0.117. The third-order valence-electron chi connectivity index (χ3n) is 15.2. The largest absolute Gasteiger partial charge is 0.408 e. The van der Waals surface area contributed by atoms with E-state index in [9.17, 15) is 0 Å². The van der Waals surface area contributed by atoms with Crippen LogP contribution in [0.4, 0.5) is 0 Å². The highest BCUT2D eigenvalue weighted by Crippen LogP contribution is 2.46. The third kappa shape index (κ3) is 9.03. The van der Waals surface area contributed by atoms with Gasteiger partial charge in [-0.15, -0.1) is 0 Å². The smallest absolute Gasteiger partial charge is 0.387 e. The Labute approximate surface area is 445 Å². The summed E-state index contributed by atoms with van der Waals surface area (Å²) in [6.07, 6.45) is -1.76. The summed E-state index contributed by atoms with van der Waals surface area (Å²) >= 11 is 0. The first-order valence-corrected chi connectivity index (χ1v) is 42.7. The molecule has 12 rings (SSSR count). The van der Waals surface area contributed by atoms with E-state index in [1.807, 2.05) is 13.8 Å². The molecular formula is C60H69NO8P2Si4. The molecular weight excluding hydrogens is 1040 g/mol. The van der Waals surface area contributed by atoms with E-state index >= 15 is 0 Å². The lowest BCUT2D eigenvalue weighted by Crippen LogP contribution is -2.42. The highest BCUT2D eigenvalue weighted by Gasteiger charge is 2.55. The molecule has 2 aliphatic rings. The van der Waals surface area contributed by atoms with Crippen LogP contribution >= 0.6 is 16.4 Å². The summed E-state index contributed by atoms with van der Waals surface area (Å²) in [4.78, 5) is 0. The van der Waals surface area contributed by atoms with E-state index in [2.05, 4.69) is 205 Å². The van der Waals surface area contributed by atoms with Crippen molar-refractivity contribution in [2.24, 2.45) is 0 Å². The molecule has 1 N–H and O–H groups in total. The van der Waals surface area contributed by atoms with E-state index in [0.717, 1.165) is 65.4 Å². The van der Waals surface area contributed by atoms with Gasteiger partial charge in [0.25, 0.3) is 0 Å². The van der Waals surface area contributed by atoms with Gasteiger partial charge >= 0.3 is 16.4 Å². The lowest BCUT2D eigenvalue weighted by Gasteiger charge is -2.25. The molecule has 2 aliphatic heterocycles. The monoisotopic (exact) mass is 1110 g/mol. The average Bonchev–Trinajstić information content (AvgIpc) is 3.71. The van der Waals surface area contributed by atoms with Crippen LogP contribution in [0.5, 0.6) is 0 Å². The Morgan fingerprint density at radius 2 is 0.800 bits per heavy atom. The zero-order valence-electron chi connectivity index (χ0n) is 45.7. The van der Waals surface area contributed by atoms with Gasteiger partial charge in [-0.3, -0.25) is 4.52 Å². The Balaban J connectivity index is 1.08. The Hall–Kier alpha value is -4.73. The van der Waals surface area contributed by atoms with Gasteiger partial charge in [0.1, 0.15) is 34.5 Å². The molecule has 0 unspecified atom stereocenters. The van der Waals surface area contributed by atoms with Gasteiger partial charge in [0, 0.05) is 21.5 Å². The van der Waals surface area contributed by atoms with Crippen molar-refractivity contribution < 1.29 is 35.5 Å². The van der Waals surface area contributed by atoms with Crippen LogP contribution < -0.4 is 30.4 Å². The Bertz CT molecular complexity index is 3820. The molecule has 0 saturated carbocycles. The summed E-state index contributed by atoms with van der Waals surface area (Å²) in [5.41, 5.74) is 3.46. The zero-order chi connectivity index (χ0) is 52.7. The SMILES string of the molecule is CC1(C)O[C@H]2O[C@H](COp3oc4c([Si](C)(C)C)cc5ccccc5c4c4c(o3)c([Si](C)(C)C)cc3ccccc34)[C@@H](Np3oc4c([Si](C)(C)C)cc5ccccc5c4c4c(o3)c([Si](C)(C)C)cc3ccccc34)[C@H]2O1. The van der Waals surface area contributed by atoms with Crippen molar-refractivity contribution in [3.05, 3.63) is 121 Å². The predicted molar refractivity (Wildman–Crippen MR) is 328 cm³/mol. The Morgan fingerprint density at radius 3 is 1.15 bits per heavy atom. The number of benzene rings is 8. The van der Waals surface area contributed by atoms with Crippen molar-refractivity contribution in [1.82, 2.24) is 0 Å². The van der Waals surface area contributed by atoms with Crippen LogP contribution in [0, 0.1) is 0 Å². The molecule has 15 heteroatoms. The second-order valence-corrected chi connectivity index (χ2v) is 47.7. The second kappa shape index (κ2) is 18.2. The molecule has 388 valence electrons. The fourth-order valence-corrected chi connectivity index (χ4v) is 20.1. The van der Waals surface area contributed by atoms with Gasteiger partial charge < -0.3 is 31.0 Å². The van der Waals surface area contributed by atoms with Crippen molar-refractivity contribution in [3.63, 3.8) is 0 Å². The summed E-state index contributed by atoms with van der Waals surface area (Å²) in [6.45, 7) is 32.7. The summed E-state index contributed by atoms with van der Waals surface area (Å²) in [5, 5.41) is 22.5. The van der Waals surface area contributed by atoms with Gasteiger partial charge in [0.2, 0.25) is 0 Å². The van der Waals surface area contributed by atoms with Crippen molar-refractivity contribution in [2.75, 3.05) is 11.7 Å². The standard InChI is InChI=1S/C60H69NO8P2Si4/c1-60(2)64-58-53(61-70-66-54-45(72(3,4)5)31-36-23-15-19-27-40(36)49(54)50-41-28-20-16-24-37(41)32-46(55(50)67-70)73(6,7)8)44(63-59(58)65-60)35-62-71-68-56-47(74(9,10)11)33-38-25-17-21-29-42(38)51(56)52-43-30-22-18-26-39(43)34-48(57(52)69-71)75(12,13)14/h15-34,44,53,58-59,61H,35H2,1-14H3/t44-,53-,58-,59-/m1/s1. The molecule has 9 nitrogen and oxygen atoms in total. The first-order valence-electron chi connectivity index (χ1n) is 26.4. The third-order valence-corrected chi connectivity index (χ3v) is 25.3. The van der Waals surface area contributed by atoms with Gasteiger partial charge in [-0.05, 0) is 77.7 Å². The normalized spacial score (nSPS) is 19.4. The van der Waals surface area contributed by atoms with Crippen LogP contribution in [0.15, 0.2) is 138 Å². The lowest BCUT2D eigenvalue weighted by atomic mass is 9.98. The van der Waals surface area contributed by atoms with Crippen LogP contribution in [0.1, 0.15) is 13.8 Å². The molecule has 0 aliphatic carbocycles. The molecule has 75 heavy (non-hydrogen) atoms. The van der Waals surface area contributed by atoms with Crippen molar-refractivity contribution >= 4 is 156 Å². The van der Waals surface area contributed by atoms with Crippen molar-refractivity contribution in [2.45, 2.75) is 123 Å². The molecule has 0 radical (unpaired) electrons. The Kier molecular flexibility index (Phi) is 12.4. The quantitative estimate of drug-likeness (QED) is 0.142. The summed E-state index contributed by atoms with van der Waals surface area (Å²) in [5.74, 6) is -0.885. The molecule has 2 saturated heterocycles. The van der Waals surface area contributed by atoms with Crippen LogP contribution in [0.3, 0.4) is 0 Å². The second-order valence-electron chi connectivity index (χ2n) is 25.3. The minimum atomic E-state index is -2.07. The first-order chi connectivity index (χ1) is 35.4. The average molecular weight is 1110 g/mol. The molecule has 4 heterocycles. The molecule has 2 fully saturated rings. The van der Waals surface area contributed by atoms with E-state index in [4.69, 9.17) is 35.5 Å². The van der Waals surface area contributed by atoms with Gasteiger partial charge in [-0.1, -0.05) is 200 Å². The van der Waals surface area contributed by atoms with E-state index < -0.39 is 79.0 Å². The van der Waals surface area contributed by atoms with E-state index in [-0.39, 0.29) is 6.61 Å². The maximum Gasteiger partial charge on any atom is 0.387 e. The molecule has 0 bridgehead atoms. The molecule has 0 spiro atoms. The molecule has 8 aromatic carbocycles. The summed E-state index contributed by atoms with van der Waals surface area (Å²) in [6, 6.07) is 43.8. The van der Waals surface area contributed by atoms with Gasteiger partial charge in [-0.2, -0.15) is 0 Å². The summed E-state index contributed by atoms with van der Waals surface area (Å²) < 4.78 is 57.1. The summed E-state index contributed by atoms with van der Waals surface area (Å²) in [7, 11) is -12.2. The first kappa shape index (κ1) is 51.0. The van der Waals surface area contributed by atoms with Gasteiger partial charge in [0.15, 0.2) is 12.1 Å². The van der Waals surface area contributed by atoms with Crippen LogP contribution in [0.25, 0.3) is 87.0 Å². The number of rotatable bonds is 9. The maximum atomic E-state index is 7.53.